The predicted octanol–water partition coefficient (Wildman–Crippen LogP) is 2.41. The fourth-order valence-corrected chi connectivity index (χ4v) is 6.54. The van der Waals surface area contributed by atoms with Gasteiger partial charge in [0.25, 0.3) is 16.4 Å². The second-order valence-electron chi connectivity index (χ2n) is 7.10. The highest BCUT2D eigenvalue weighted by molar-refractivity contribution is 7.89. The summed E-state index contributed by atoms with van der Waals surface area (Å²) < 4.78 is 58.0. The van der Waals surface area contributed by atoms with Gasteiger partial charge in [-0.15, -0.1) is 0 Å². The topological polar surface area (TPSA) is 73.0 Å². The molecule has 2 aliphatic rings. The average molecular weight is 397 g/mol. The molecule has 1 saturated heterocycles. The van der Waals surface area contributed by atoms with Crippen LogP contribution in [0.3, 0.4) is 0 Å². The van der Waals surface area contributed by atoms with Gasteiger partial charge in [0.2, 0.25) is 0 Å². The number of aryl methyl sites for hydroxylation is 3. The van der Waals surface area contributed by atoms with Crippen LogP contribution >= 0.6 is 0 Å². The first kappa shape index (κ1) is 18.3. The van der Waals surface area contributed by atoms with Gasteiger partial charge in [-0.25, -0.2) is 17.2 Å². The quantitative estimate of drug-likeness (QED) is 0.794. The van der Waals surface area contributed by atoms with Gasteiger partial charge >= 0.3 is 0 Å². The van der Waals surface area contributed by atoms with Gasteiger partial charge in [-0.2, -0.15) is 14.5 Å². The van der Waals surface area contributed by atoms with Gasteiger partial charge in [0, 0.05) is 32.4 Å². The average Bonchev–Trinajstić information content (AvgIpc) is 3.22. The number of halogens is 2. The van der Waals surface area contributed by atoms with Crippen molar-refractivity contribution in [2.24, 2.45) is 14.1 Å². The van der Waals surface area contributed by atoms with Crippen LogP contribution in [0.15, 0.2) is 23.4 Å². The molecule has 4 heterocycles. The Morgan fingerprint density at radius 3 is 2.56 bits per heavy atom. The van der Waals surface area contributed by atoms with Gasteiger partial charge in [-0.3, -0.25) is 9.36 Å². The molecule has 2 unspecified atom stereocenters. The van der Waals surface area contributed by atoms with E-state index in [2.05, 4.69) is 10.2 Å². The molecular weight excluding hydrogens is 376 g/mol. The highest BCUT2D eigenvalue weighted by Gasteiger charge is 2.47. The SMILES string of the molecule is Cc1nn(C)c(S(=O)(=O)N2C3C=C(c4ccnn4C)CC2CC3)c1C(F)F. The third-order valence-electron chi connectivity index (χ3n) is 5.44. The summed E-state index contributed by atoms with van der Waals surface area (Å²) in [5.74, 6) is 0. The van der Waals surface area contributed by atoms with Crippen molar-refractivity contribution in [1.29, 1.82) is 0 Å². The van der Waals surface area contributed by atoms with Gasteiger partial charge in [0.1, 0.15) is 0 Å². The summed E-state index contributed by atoms with van der Waals surface area (Å²) in [4.78, 5) is 0. The van der Waals surface area contributed by atoms with E-state index < -0.39 is 27.0 Å². The molecule has 2 bridgehead atoms. The number of hydrogen-bond donors (Lipinski definition) is 0. The molecule has 0 aromatic carbocycles. The van der Waals surface area contributed by atoms with Crippen molar-refractivity contribution in [2.75, 3.05) is 0 Å². The van der Waals surface area contributed by atoms with E-state index in [0.717, 1.165) is 15.9 Å². The minimum Gasteiger partial charge on any atom is -0.268 e. The Hall–Kier alpha value is -2.07. The summed E-state index contributed by atoms with van der Waals surface area (Å²) in [6.07, 6.45) is 2.65. The number of fused-ring (bicyclic) bond motifs is 2. The van der Waals surface area contributed by atoms with Gasteiger partial charge < -0.3 is 0 Å². The van der Waals surface area contributed by atoms with Crippen molar-refractivity contribution in [3.05, 3.63) is 35.3 Å². The van der Waals surface area contributed by atoms with Crippen LogP contribution in [0.4, 0.5) is 8.78 Å². The minimum atomic E-state index is -4.10. The summed E-state index contributed by atoms with van der Waals surface area (Å²) in [5, 5.41) is 7.71. The van der Waals surface area contributed by atoms with Crippen molar-refractivity contribution >= 4 is 15.6 Å². The Morgan fingerprint density at radius 1 is 1.22 bits per heavy atom. The lowest BCUT2D eigenvalue weighted by Crippen LogP contribution is -2.43. The van der Waals surface area contributed by atoms with Crippen LogP contribution in [-0.2, 0) is 24.1 Å². The van der Waals surface area contributed by atoms with Gasteiger partial charge in [-0.05, 0) is 37.8 Å². The van der Waals surface area contributed by atoms with Gasteiger partial charge in [0.15, 0.2) is 5.03 Å². The van der Waals surface area contributed by atoms with Crippen LogP contribution in [0.1, 0.15) is 42.6 Å². The number of nitrogens with zero attached hydrogens (tertiary/aromatic N) is 5. The van der Waals surface area contributed by atoms with Crippen LogP contribution in [-0.4, -0.2) is 44.4 Å². The summed E-state index contributed by atoms with van der Waals surface area (Å²) in [7, 11) is -0.860. The molecule has 4 rings (SSSR count). The number of sulfonamides is 1. The molecule has 146 valence electrons. The molecule has 0 saturated carbocycles. The Labute approximate surface area is 156 Å². The fraction of sp³-hybridized carbons (Fsp3) is 0.529. The number of rotatable bonds is 4. The number of hydrogen-bond acceptors (Lipinski definition) is 4. The zero-order chi connectivity index (χ0) is 19.5. The molecule has 0 N–H and O–H groups in total. The molecule has 2 atom stereocenters. The van der Waals surface area contributed by atoms with Crippen LogP contribution in [0.5, 0.6) is 0 Å². The van der Waals surface area contributed by atoms with E-state index in [1.54, 1.807) is 10.9 Å². The van der Waals surface area contributed by atoms with Gasteiger partial charge in [0.05, 0.1) is 17.0 Å². The molecule has 7 nitrogen and oxygen atoms in total. The predicted molar refractivity (Wildman–Crippen MR) is 94.5 cm³/mol. The van der Waals surface area contributed by atoms with E-state index in [0.29, 0.717) is 19.3 Å². The molecule has 0 aliphatic carbocycles. The van der Waals surface area contributed by atoms with E-state index >= 15 is 0 Å². The Morgan fingerprint density at radius 2 is 1.96 bits per heavy atom. The summed E-state index contributed by atoms with van der Waals surface area (Å²) in [6, 6.07) is 1.30. The maximum absolute atomic E-state index is 13.5. The first-order valence-electron chi connectivity index (χ1n) is 8.76. The molecule has 2 aromatic heterocycles. The van der Waals surface area contributed by atoms with Crippen LogP contribution in [0, 0.1) is 6.92 Å². The maximum atomic E-state index is 13.5. The van der Waals surface area contributed by atoms with Crippen molar-refractivity contribution in [1.82, 2.24) is 23.9 Å². The monoisotopic (exact) mass is 397 g/mol. The highest BCUT2D eigenvalue weighted by atomic mass is 32.2. The van der Waals surface area contributed by atoms with Crippen molar-refractivity contribution < 1.29 is 17.2 Å². The second-order valence-corrected chi connectivity index (χ2v) is 8.86. The van der Waals surface area contributed by atoms with Gasteiger partial charge in [-0.1, -0.05) is 6.08 Å². The highest BCUT2D eigenvalue weighted by Crippen LogP contribution is 2.43. The summed E-state index contributed by atoms with van der Waals surface area (Å²) in [5.41, 5.74) is 1.54. The fourth-order valence-electron chi connectivity index (χ4n) is 4.36. The third kappa shape index (κ3) is 2.73. The second kappa shape index (κ2) is 6.23. The maximum Gasteiger partial charge on any atom is 0.268 e. The molecule has 27 heavy (non-hydrogen) atoms. The van der Waals surface area contributed by atoms with Crippen LogP contribution < -0.4 is 0 Å². The Bertz CT molecular complexity index is 1020. The van der Waals surface area contributed by atoms with Crippen molar-refractivity contribution in [2.45, 2.75) is 49.7 Å². The van der Waals surface area contributed by atoms with Crippen molar-refractivity contribution in [3.63, 3.8) is 0 Å². The lowest BCUT2D eigenvalue weighted by molar-refractivity contribution is 0.146. The first-order chi connectivity index (χ1) is 12.7. The lowest BCUT2D eigenvalue weighted by atomic mass is 10.0. The van der Waals surface area contributed by atoms with Crippen LogP contribution in [0.2, 0.25) is 0 Å². The molecule has 10 heteroatoms. The minimum absolute atomic E-state index is 0.0431. The Kier molecular flexibility index (Phi) is 4.22. The van der Waals surface area contributed by atoms with E-state index in [9.17, 15) is 17.2 Å². The van der Waals surface area contributed by atoms with E-state index in [-0.39, 0.29) is 17.8 Å². The zero-order valence-corrected chi connectivity index (χ0v) is 16.1. The van der Waals surface area contributed by atoms with E-state index in [1.807, 2.05) is 19.2 Å². The molecule has 2 aromatic rings. The van der Waals surface area contributed by atoms with E-state index in [4.69, 9.17) is 0 Å². The first-order valence-corrected chi connectivity index (χ1v) is 10.2. The molecule has 0 radical (unpaired) electrons. The molecular formula is C17H21F2N5O2S. The standard InChI is InChI=1S/C17H21F2N5O2S/c1-10-15(16(18)19)17(23(3)21-10)27(25,26)24-12-4-5-13(24)9-11(8-12)14-6-7-20-22(14)2/h6-8,12-13,16H,4-5,9H2,1-3H3. The van der Waals surface area contributed by atoms with E-state index in [1.165, 1.54) is 18.3 Å². The van der Waals surface area contributed by atoms with Crippen molar-refractivity contribution in [3.8, 4) is 0 Å². The molecule has 0 spiro atoms. The third-order valence-corrected chi connectivity index (χ3v) is 7.53. The molecule has 1 fully saturated rings. The molecule has 2 aliphatic heterocycles. The number of aromatic nitrogens is 4. The number of alkyl halides is 2. The largest absolute Gasteiger partial charge is 0.268 e. The smallest absolute Gasteiger partial charge is 0.268 e. The van der Waals surface area contributed by atoms with Crippen LogP contribution in [0.25, 0.3) is 5.57 Å². The lowest BCUT2D eigenvalue weighted by Gasteiger charge is -2.33. The Balaban J connectivity index is 1.77. The molecule has 0 amide bonds. The summed E-state index contributed by atoms with van der Waals surface area (Å²) in [6.45, 7) is 1.41. The normalized spacial score (nSPS) is 23.3. The zero-order valence-electron chi connectivity index (χ0n) is 15.3. The summed E-state index contributed by atoms with van der Waals surface area (Å²) >= 11 is 0.